The first-order valence-corrected chi connectivity index (χ1v) is 28.1. The average Bonchev–Trinajstić information content (AvgIpc) is 4.13. The highest BCUT2D eigenvalue weighted by molar-refractivity contribution is 7.80. The van der Waals surface area contributed by atoms with E-state index in [1.807, 2.05) is 71.3 Å². The van der Waals surface area contributed by atoms with Crippen LogP contribution in [0.25, 0.3) is 22.3 Å². The van der Waals surface area contributed by atoms with E-state index in [0.29, 0.717) is 43.9 Å². The smallest absolute Gasteiger partial charge is 0.305 e. The standard InChI is InChI=1S/C20H35N3O5.C17H19N3O2S.C12H27N3OS.2C2H6/c1-3-4-5-6-7-9-15(2)16(12-19(26)27)22-20(28)17-10-8-11-23(17)18(25)13-21-14-24;1-10(2)18-17-20-15(9-23-17)14-8-16(22-4)12-6-5-11(21-3)7-13(12)19-14;1-10(2)15-8-7-14(17(15)16)9-11(13-6)12(3,4)5;2*1-2/h14-17H,3-13H2,1-2H3,(H,21,24)(H,22,28)(H,26,27);5-10H,1-4H3,(H,18,20);10-11,13H,7-9H2,1-6H3;2*1-2H3/t15?,16?,17-;;;;/m0..../s1. The minimum absolute atomic E-state index is 0.0453. The lowest BCUT2D eigenvalue weighted by molar-refractivity contribution is -0.140. The molecule has 0 bridgehead atoms. The SMILES string of the molecule is CC.CC.CCCCCCCC(C)C(CC(=O)O)NC(=O)[C@@H]1CCCN1C(=O)CNC=O.CNC(CN1CCN(C(C)C)S1=O)C(C)(C)C.COc1ccc2c(OC)cc(-c3csc(NC(C)C)n3)nc2c1. The van der Waals surface area contributed by atoms with Gasteiger partial charge >= 0.3 is 5.97 Å². The van der Waals surface area contributed by atoms with Crippen molar-refractivity contribution in [3.05, 3.63) is 29.6 Å². The summed E-state index contributed by atoms with van der Waals surface area (Å²) in [6.45, 7) is 30.1. The van der Waals surface area contributed by atoms with Crippen molar-refractivity contribution in [1.29, 1.82) is 0 Å². The maximum absolute atomic E-state index is 12.8. The topological polar surface area (TPSA) is 208 Å². The molecule has 3 aromatic rings. The molecule has 0 aliphatic carbocycles. The van der Waals surface area contributed by atoms with E-state index in [2.05, 4.69) is 90.3 Å². The number of anilines is 1. The molecule has 2 aromatic heterocycles. The molecule has 17 nitrogen and oxygen atoms in total. The maximum Gasteiger partial charge on any atom is 0.305 e. The highest BCUT2D eigenvalue weighted by Crippen LogP contribution is 2.33. The quantitative estimate of drug-likeness (QED) is 0.0445. The van der Waals surface area contributed by atoms with Gasteiger partial charge in [-0.2, -0.15) is 0 Å². The van der Waals surface area contributed by atoms with E-state index >= 15 is 0 Å². The Morgan fingerprint density at radius 3 is 2.18 bits per heavy atom. The van der Waals surface area contributed by atoms with Crippen LogP contribution in [0.1, 0.15) is 148 Å². The first-order valence-electron chi connectivity index (χ1n) is 26.1. The Hall–Kier alpha value is -4.43. The fourth-order valence-electron chi connectivity index (χ4n) is 8.12. The predicted molar refractivity (Wildman–Crippen MR) is 297 cm³/mol. The minimum atomic E-state index is -0.959. The van der Waals surface area contributed by atoms with Crippen molar-refractivity contribution in [3.63, 3.8) is 0 Å². The number of thiazole rings is 1. The van der Waals surface area contributed by atoms with Crippen LogP contribution in [0.5, 0.6) is 11.5 Å². The third-order valence-corrected chi connectivity index (χ3v) is 14.7. The monoisotopic (exact) mass is 1050 g/mol. The molecule has 2 aliphatic heterocycles. The second-order valence-corrected chi connectivity index (χ2v) is 21.4. The molecule has 4 unspecified atom stereocenters. The highest BCUT2D eigenvalue weighted by Gasteiger charge is 2.36. The van der Waals surface area contributed by atoms with Crippen molar-refractivity contribution < 1.29 is 38.0 Å². The summed E-state index contributed by atoms with van der Waals surface area (Å²) in [4.78, 5) is 57.4. The first-order chi connectivity index (χ1) is 34.3. The van der Waals surface area contributed by atoms with Crippen LogP contribution in [0.4, 0.5) is 5.13 Å². The lowest BCUT2D eigenvalue weighted by Crippen LogP contribution is -2.52. The molecular weight excluding hydrogens is 955 g/mol. The van der Waals surface area contributed by atoms with Crippen LogP contribution in [-0.2, 0) is 30.3 Å². The number of likely N-dealkylation sites (N-methyl/N-ethyl adjacent to an activating group) is 1. The third-order valence-electron chi connectivity index (χ3n) is 12.1. The van der Waals surface area contributed by atoms with E-state index < -0.39 is 29.2 Å². The molecule has 19 heteroatoms. The van der Waals surface area contributed by atoms with Gasteiger partial charge in [0.05, 0.1) is 38.4 Å². The van der Waals surface area contributed by atoms with Crippen molar-refractivity contribution in [1.82, 2.24) is 39.4 Å². The number of carboxylic acids is 1. The molecule has 2 fully saturated rings. The second kappa shape index (κ2) is 34.9. The number of unbranched alkanes of at least 4 members (excludes halogenated alkanes) is 4. The van der Waals surface area contributed by atoms with E-state index in [1.54, 1.807) is 25.6 Å². The summed E-state index contributed by atoms with van der Waals surface area (Å²) < 4.78 is 27.2. The Labute approximate surface area is 439 Å². The number of carbonyl (C=O) groups excluding carboxylic acids is 3. The third kappa shape index (κ3) is 22.0. The zero-order chi connectivity index (χ0) is 54.6. The molecular formula is C53H93N9O8S2. The maximum atomic E-state index is 12.8. The number of aliphatic carboxylic acids is 1. The van der Waals surface area contributed by atoms with Gasteiger partial charge in [0.25, 0.3) is 0 Å². The number of nitrogens with zero attached hydrogens (tertiary/aromatic N) is 5. The minimum Gasteiger partial charge on any atom is -0.497 e. The number of hydrogen-bond acceptors (Lipinski definition) is 12. The molecule has 0 saturated carbocycles. The van der Waals surface area contributed by atoms with Crippen molar-refractivity contribution in [2.24, 2.45) is 11.3 Å². The van der Waals surface area contributed by atoms with Crippen molar-refractivity contribution in [2.45, 2.75) is 178 Å². The molecule has 72 heavy (non-hydrogen) atoms. The molecule has 4 heterocycles. The number of methoxy groups -OCH3 is 2. The number of nitrogens with one attached hydrogen (secondary N) is 4. The van der Waals surface area contributed by atoms with Gasteiger partial charge in [-0.05, 0) is 77.5 Å². The molecule has 0 spiro atoms. The van der Waals surface area contributed by atoms with E-state index in [4.69, 9.17) is 14.5 Å². The summed E-state index contributed by atoms with van der Waals surface area (Å²) in [5, 5.41) is 24.9. The lowest BCUT2D eigenvalue weighted by Gasteiger charge is -2.33. The van der Waals surface area contributed by atoms with E-state index in [0.717, 1.165) is 77.8 Å². The van der Waals surface area contributed by atoms with Crippen molar-refractivity contribution >= 4 is 62.7 Å². The van der Waals surface area contributed by atoms with Gasteiger partial charge in [-0.1, -0.05) is 94.4 Å². The number of ether oxygens (including phenoxy) is 2. The van der Waals surface area contributed by atoms with Crippen molar-refractivity contribution in [2.75, 3.05) is 59.3 Å². The van der Waals surface area contributed by atoms with Crippen LogP contribution < -0.4 is 30.7 Å². The van der Waals surface area contributed by atoms with Gasteiger partial charge in [0.15, 0.2) is 16.3 Å². The van der Waals surface area contributed by atoms with Gasteiger partial charge in [-0.15, -0.1) is 11.3 Å². The molecule has 5 atom stereocenters. The van der Waals surface area contributed by atoms with Gasteiger partial charge in [-0.25, -0.2) is 22.8 Å². The largest absolute Gasteiger partial charge is 0.497 e. The van der Waals surface area contributed by atoms with E-state index in [9.17, 15) is 28.5 Å². The van der Waals surface area contributed by atoms with Gasteiger partial charge in [-0.3, -0.25) is 19.2 Å². The van der Waals surface area contributed by atoms with Gasteiger partial charge in [0, 0.05) is 73.2 Å². The fourth-order valence-corrected chi connectivity index (χ4v) is 10.4. The molecule has 5 N–H and O–H groups in total. The zero-order valence-corrected chi connectivity index (χ0v) is 48.3. The number of aromatic nitrogens is 2. The first kappa shape index (κ1) is 65.6. The zero-order valence-electron chi connectivity index (χ0n) is 46.7. The van der Waals surface area contributed by atoms with Gasteiger partial charge in [0.2, 0.25) is 18.2 Å². The molecule has 5 rings (SSSR count). The highest BCUT2D eigenvalue weighted by atomic mass is 32.2. The molecule has 2 aliphatic rings. The van der Waals surface area contributed by atoms with Gasteiger partial charge < -0.3 is 40.7 Å². The number of rotatable bonds is 23. The summed E-state index contributed by atoms with van der Waals surface area (Å²) in [6.07, 6.45) is 8.11. The number of pyridine rings is 1. The summed E-state index contributed by atoms with van der Waals surface area (Å²) >= 11 is 0.613. The molecule has 1 aromatic carbocycles. The van der Waals surface area contributed by atoms with Gasteiger partial charge in [0.1, 0.15) is 23.2 Å². The lowest BCUT2D eigenvalue weighted by atomic mass is 9.87. The Morgan fingerprint density at radius 1 is 0.944 bits per heavy atom. The number of amides is 3. The van der Waals surface area contributed by atoms with Crippen LogP contribution in [0.3, 0.4) is 0 Å². The summed E-state index contributed by atoms with van der Waals surface area (Å²) in [7, 11) is 5.29. The number of likely N-dealkylation sites (tertiary alicyclic amines) is 1. The van der Waals surface area contributed by atoms with E-state index in [-0.39, 0.29) is 36.1 Å². The Kier molecular flexibility index (Phi) is 31.8. The molecule has 410 valence electrons. The molecule has 2 saturated heterocycles. The normalized spacial score (nSPS) is 16.9. The number of hydrogen-bond donors (Lipinski definition) is 5. The summed E-state index contributed by atoms with van der Waals surface area (Å²) in [5.74, 6) is 0.0369. The number of carboxylic acid groups (broad SMARTS) is 1. The fraction of sp³-hybridized carbons (Fsp3) is 0.698. The van der Waals surface area contributed by atoms with Crippen LogP contribution in [0.15, 0.2) is 29.6 Å². The Morgan fingerprint density at radius 2 is 1.62 bits per heavy atom. The number of benzene rings is 1. The number of carbonyl (C=O) groups is 4. The van der Waals surface area contributed by atoms with Crippen LogP contribution in [0, 0.1) is 11.3 Å². The average molecular weight is 1050 g/mol. The second-order valence-electron chi connectivity index (χ2n) is 19.1. The Bertz CT molecular complexity index is 2060. The molecule has 3 amide bonds. The summed E-state index contributed by atoms with van der Waals surface area (Å²) in [5.41, 5.74) is 2.63. The molecule has 0 radical (unpaired) electrons. The van der Waals surface area contributed by atoms with Crippen LogP contribution in [0.2, 0.25) is 0 Å². The van der Waals surface area contributed by atoms with Crippen LogP contribution in [-0.4, -0.2) is 141 Å². The van der Waals surface area contributed by atoms with E-state index in [1.165, 1.54) is 24.2 Å². The predicted octanol–water partition coefficient (Wildman–Crippen LogP) is 9.15. The Balaban J connectivity index is 0.000000534. The van der Waals surface area contributed by atoms with Crippen LogP contribution >= 0.6 is 11.3 Å². The summed E-state index contributed by atoms with van der Waals surface area (Å²) in [6, 6.07) is 7.68. The van der Waals surface area contributed by atoms with Crippen molar-refractivity contribution in [3.8, 4) is 22.9 Å². The number of fused-ring (bicyclic) bond motifs is 1.